The molecule has 0 unspecified atom stereocenters. The zero-order valence-corrected chi connectivity index (χ0v) is 10.5. The summed E-state index contributed by atoms with van der Waals surface area (Å²) in [6.07, 6.45) is 0. The first-order valence-electron chi connectivity index (χ1n) is 4.07. The Morgan fingerprint density at radius 2 is 2.20 bits per heavy atom. The maximum Gasteiger partial charge on any atom is 0.349 e. The third-order valence-electron chi connectivity index (χ3n) is 1.62. The second kappa shape index (κ2) is 4.51. The summed E-state index contributed by atoms with van der Waals surface area (Å²) >= 11 is 1.01. The van der Waals surface area contributed by atoms with Gasteiger partial charge in [0.25, 0.3) is 9.05 Å². The summed E-state index contributed by atoms with van der Waals surface area (Å²) in [5, 5.41) is 1.56. The van der Waals surface area contributed by atoms with Crippen molar-refractivity contribution in [1.82, 2.24) is 0 Å². The molecule has 0 saturated carbocycles. The molecule has 0 spiro atoms. The van der Waals surface area contributed by atoms with Crippen molar-refractivity contribution in [3.05, 3.63) is 15.8 Å². The molecule has 0 aliphatic carbocycles. The standard InChI is InChI=1S/C8H9ClO4S2/c1-3-13-8(10)6-7(15(9,11)12)5(2)4-14-6/h4H,3H2,1-2H3. The van der Waals surface area contributed by atoms with Gasteiger partial charge in [0, 0.05) is 10.7 Å². The molecule has 0 fully saturated rings. The van der Waals surface area contributed by atoms with Crippen LogP contribution in [0.25, 0.3) is 0 Å². The molecule has 4 nitrogen and oxygen atoms in total. The molecule has 0 bridgehead atoms. The summed E-state index contributed by atoms with van der Waals surface area (Å²) < 4.78 is 27.1. The molecule has 0 aromatic carbocycles. The molecule has 7 heteroatoms. The summed E-state index contributed by atoms with van der Waals surface area (Å²) in [7, 11) is 1.32. The van der Waals surface area contributed by atoms with E-state index < -0.39 is 15.0 Å². The smallest absolute Gasteiger partial charge is 0.349 e. The maximum atomic E-state index is 11.4. The largest absolute Gasteiger partial charge is 0.462 e. The molecule has 84 valence electrons. The van der Waals surface area contributed by atoms with Crippen molar-refractivity contribution in [2.45, 2.75) is 18.7 Å². The predicted octanol–water partition coefficient (Wildman–Crippen LogP) is 2.16. The van der Waals surface area contributed by atoms with Crippen molar-refractivity contribution in [2.75, 3.05) is 6.61 Å². The van der Waals surface area contributed by atoms with Crippen molar-refractivity contribution in [1.29, 1.82) is 0 Å². The highest BCUT2D eigenvalue weighted by molar-refractivity contribution is 8.14. The Hall–Kier alpha value is -0.590. The van der Waals surface area contributed by atoms with Crippen LogP contribution in [0.2, 0.25) is 0 Å². The van der Waals surface area contributed by atoms with Crippen molar-refractivity contribution in [2.24, 2.45) is 0 Å². The Kier molecular flexibility index (Phi) is 3.75. The predicted molar refractivity (Wildman–Crippen MR) is 58.1 cm³/mol. The van der Waals surface area contributed by atoms with E-state index in [2.05, 4.69) is 0 Å². The van der Waals surface area contributed by atoms with Crippen LogP contribution in [0.5, 0.6) is 0 Å². The van der Waals surface area contributed by atoms with Crippen LogP contribution in [-0.2, 0) is 13.8 Å². The number of ether oxygens (including phenoxy) is 1. The molecule has 0 aliphatic heterocycles. The van der Waals surface area contributed by atoms with Gasteiger partial charge >= 0.3 is 5.97 Å². The molecular formula is C8H9ClO4S2. The van der Waals surface area contributed by atoms with Crippen LogP contribution >= 0.6 is 22.0 Å². The fourth-order valence-electron chi connectivity index (χ4n) is 1.07. The fourth-order valence-corrected chi connectivity index (χ4v) is 3.94. The van der Waals surface area contributed by atoms with Crippen LogP contribution in [0.1, 0.15) is 22.2 Å². The Balaban J connectivity index is 3.27. The second-order valence-corrected chi connectivity index (χ2v) is 6.12. The minimum atomic E-state index is -3.90. The van der Waals surface area contributed by atoms with Gasteiger partial charge < -0.3 is 4.74 Å². The lowest BCUT2D eigenvalue weighted by molar-refractivity contribution is 0.0528. The van der Waals surface area contributed by atoms with Gasteiger partial charge in [0.15, 0.2) is 0 Å². The molecule has 0 N–H and O–H groups in total. The summed E-state index contributed by atoms with van der Waals surface area (Å²) in [4.78, 5) is 11.3. The van der Waals surface area contributed by atoms with Gasteiger partial charge in [-0.2, -0.15) is 0 Å². The minimum Gasteiger partial charge on any atom is -0.462 e. The Labute approximate surface area is 96.2 Å². The lowest BCUT2D eigenvalue weighted by atomic mass is 10.3. The van der Waals surface area contributed by atoms with Gasteiger partial charge in [-0.05, 0) is 24.8 Å². The van der Waals surface area contributed by atoms with Crippen molar-refractivity contribution < 1.29 is 17.9 Å². The van der Waals surface area contributed by atoms with Gasteiger partial charge in [-0.1, -0.05) is 0 Å². The molecule has 15 heavy (non-hydrogen) atoms. The third-order valence-corrected chi connectivity index (χ3v) is 4.31. The van der Waals surface area contributed by atoms with E-state index in [1.165, 1.54) is 0 Å². The maximum absolute atomic E-state index is 11.4. The lowest BCUT2D eigenvalue weighted by Gasteiger charge is -2.01. The number of carbonyl (C=O) groups excluding carboxylic acids is 1. The van der Waals surface area contributed by atoms with E-state index in [-0.39, 0.29) is 16.4 Å². The molecule has 0 aliphatic rings. The van der Waals surface area contributed by atoms with Gasteiger partial charge in [-0.3, -0.25) is 0 Å². The number of rotatable bonds is 3. The van der Waals surface area contributed by atoms with Gasteiger partial charge in [0.2, 0.25) is 0 Å². The number of aryl methyl sites for hydroxylation is 1. The molecule has 1 rings (SSSR count). The van der Waals surface area contributed by atoms with Gasteiger partial charge in [-0.15, -0.1) is 11.3 Å². The van der Waals surface area contributed by atoms with Crippen LogP contribution in [0.4, 0.5) is 0 Å². The van der Waals surface area contributed by atoms with E-state index in [1.807, 2.05) is 0 Å². The van der Waals surface area contributed by atoms with E-state index in [4.69, 9.17) is 15.4 Å². The molecule has 1 aromatic heterocycles. The second-order valence-electron chi connectivity index (χ2n) is 2.74. The van der Waals surface area contributed by atoms with Crippen LogP contribution in [0.3, 0.4) is 0 Å². The number of halogens is 1. The highest BCUT2D eigenvalue weighted by Gasteiger charge is 2.25. The molecule has 1 aromatic rings. The first-order chi connectivity index (χ1) is 6.88. The summed E-state index contributed by atoms with van der Waals surface area (Å²) in [5.41, 5.74) is 0.457. The normalized spacial score (nSPS) is 11.4. The topological polar surface area (TPSA) is 60.4 Å². The highest BCUT2D eigenvalue weighted by atomic mass is 35.7. The van der Waals surface area contributed by atoms with E-state index in [0.29, 0.717) is 5.56 Å². The Morgan fingerprint density at radius 1 is 1.60 bits per heavy atom. The zero-order chi connectivity index (χ0) is 11.6. The summed E-state index contributed by atoms with van der Waals surface area (Å²) in [5.74, 6) is -0.658. The third kappa shape index (κ3) is 2.70. The lowest BCUT2D eigenvalue weighted by Crippen LogP contribution is -2.07. The van der Waals surface area contributed by atoms with Crippen molar-refractivity contribution in [3.8, 4) is 0 Å². The fraction of sp³-hybridized carbons (Fsp3) is 0.375. The van der Waals surface area contributed by atoms with E-state index in [9.17, 15) is 13.2 Å². The molecular weight excluding hydrogens is 260 g/mol. The monoisotopic (exact) mass is 268 g/mol. The van der Waals surface area contributed by atoms with Crippen molar-refractivity contribution in [3.63, 3.8) is 0 Å². The van der Waals surface area contributed by atoms with Crippen LogP contribution < -0.4 is 0 Å². The molecule has 0 amide bonds. The van der Waals surface area contributed by atoms with Gasteiger partial charge in [0.1, 0.15) is 9.77 Å². The molecule has 0 atom stereocenters. The molecule has 0 saturated heterocycles. The Bertz CT molecular complexity index is 475. The summed E-state index contributed by atoms with van der Waals surface area (Å²) in [6, 6.07) is 0. The van der Waals surface area contributed by atoms with Gasteiger partial charge in [0.05, 0.1) is 6.61 Å². The van der Waals surface area contributed by atoms with Crippen LogP contribution in [0, 0.1) is 6.92 Å². The molecule has 1 heterocycles. The first kappa shape index (κ1) is 12.5. The van der Waals surface area contributed by atoms with E-state index in [1.54, 1.807) is 19.2 Å². The van der Waals surface area contributed by atoms with Gasteiger partial charge in [-0.25, -0.2) is 13.2 Å². The highest BCUT2D eigenvalue weighted by Crippen LogP contribution is 2.30. The minimum absolute atomic E-state index is 0.0318. The number of hydrogen-bond donors (Lipinski definition) is 0. The van der Waals surface area contributed by atoms with Crippen molar-refractivity contribution >= 4 is 37.0 Å². The van der Waals surface area contributed by atoms with E-state index >= 15 is 0 Å². The summed E-state index contributed by atoms with van der Waals surface area (Å²) in [6.45, 7) is 3.42. The van der Waals surface area contributed by atoms with Crippen LogP contribution in [0.15, 0.2) is 10.3 Å². The average molecular weight is 269 g/mol. The quantitative estimate of drug-likeness (QED) is 0.623. The van der Waals surface area contributed by atoms with Crippen LogP contribution in [-0.4, -0.2) is 21.0 Å². The Morgan fingerprint density at radius 3 is 2.67 bits per heavy atom. The number of carbonyl (C=O) groups is 1. The SMILES string of the molecule is CCOC(=O)c1scc(C)c1S(=O)(=O)Cl. The zero-order valence-electron chi connectivity index (χ0n) is 8.11. The average Bonchev–Trinajstić information content (AvgIpc) is 2.46. The molecule has 0 radical (unpaired) electrons. The number of esters is 1. The first-order valence-corrected chi connectivity index (χ1v) is 7.26. The van der Waals surface area contributed by atoms with E-state index in [0.717, 1.165) is 11.3 Å². The number of thiophene rings is 1. The number of hydrogen-bond acceptors (Lipinski definition) is 5.